The summed E-state index contributed by atoms with van der Waals surface area (Å²) in [6.07, 6.45) is -3.25. The van der Waals surface area contributed by atoms with Gasteiger partial charge in [-0.1, -0.05) is 102 Å². The highest BCUT2D eigenvalue weighted by Gasteiger charge is 2.86. The van der Waals surface area contributed by atoms with Crippen LogP contribution in [0, 0.1) is 0 Å². The second kappa shape index (κ2) is 11.5. The van der Waals surface area contributed by atoms with Crippen molar-refractivity contribution in [3.05, 3.63) is 167 Å². The second-order valence-electron chi connectivity index (χ2n) is 13.6. The van der Waals surface area contributed by atoms with Crippen LogP contribution in [0.5, 0.6) is 5.75 Å². The molecule has 0 fully saturated rings. The summed E-state index contributed by atoms with van der Waals surface area (Å²) in [6.45, 7) is 0. The Hall–Kier alpha value is -6.00. The molecule has 0 heterocycles. The minimum atomic E-state index is -7.41. The Morgan fingerprint density at radius 3 is 1.73 bits per heavy atom. The molecule has 0 atom stereocenters. The molecule has 280 valence electrons. The summed E-state index contributed by atoms with van der Waals surface area (Å²) in [5.41, 5.74) is 16.3. The van der Waals surface area contributed by atoms with Crippen LogP contribution < -0.4 is 4.18 Å². The molecule has 3 nitrogen and oxygen atoms in total. The van der Waals surface area contributed by atoms with E-state index in [1.165, 1.54) is 12.1 Å². The normalized spacial score (nSPS) is 15.7. The van der Waals surface area contributed by atoms with Crippen LogP contribution in [0.3, 0.4) is 0 Å². The van der Waals surface area contributed by atoms with Gasteiger partial charge in [-0.3, -0.25) is 0 Å². The third kappa shape index (κ3) is 4.59. The van der Waals surface area contributed by atoms with Crippen LogP contribution in [0.25, 0.3) is 49.4 Å². The van der Waals surface area contributed by atoms with Crippen LogP contribution in [0.15, 0.2) is 144 Å². The van der Waals surface area contributed by atoms with E-state index in [1.807, 2.05) is 54.6 Å². The number of alkyl halides is 9. The highest BCUT2D eigenvalue weighted by molar-refractivity contribution is 7.88. The van der Waals surface area contributed by atoms with Crippen LogP contribution in [-0.2, 0) is 15.5 Å². The Balaban J connectivity index is 1.09. The SMILES string of the molecule is O=S(=O)(Oc1ccc2c(ccc3cc(-c4ccc5c(c4)C4(C6=C5C=C=C=C6)c5ccccc5-c5ccccc54)ccc32)c1)C(F)(F)C(F)(F)C(F)(F)C(F)(F)F. The highest BCUT2D eigenvalue weighted by Crippen LogP contribution is 2.63. The average molecular weight is 789 g/mol. The first-order chi connectivity index (χ1) is 26.4. The minimum absolute atomic E-state index is 0.165. The second-order valence-corrected chi connectivity index (χ2v) is 15.2. The van der Waals surface area contributed by atoms with Gasteiger partial charge in [0.05, 0.1) is 5.41 Å². The quantitative estimate of drug-likeness (QED) is 0.0731. The largest absolute Gasteiger partial charge is 0.460 e. The van der Waals surface area contributed by atoms with Crippen molar-refractivity contribution >= 4 is 37.2 Å². The topological polar surface area (TPSA) is 43.4 Å². The summed E-state index contributed by atoms with van der Waals surface area (Å²) in [4.78, 5) is 0. The maximum Gasteiger partial charge on any atom is 0.460 e. The van der Waals surface area contributed by atoms with Gasteiger partial charge in [0.15, 0.2) is 0 Å². The van der Waals surface area contributed by atoms with E-state index >= 15 is 0 Å². The number of fused-ring (bicyclic) bond motifs is 12. The number of halogens is 9. The van der Waals surface area contributed by atoms with Crippen LogP contribution in [0.2, 0.25) is 0 Å². The molecule has 0 N–H and O–H groups in total. The molecule has 0 aromatic heterocycles. The molecular formula is C43H21F9O3S. The maximum atomic E-state index is 14.3. The van der Waals surface area contributed by atoms with Gasteiger partial charge >= 0.3 is 33.4 Å². The van der Waals surface area contributed by atoms with Gasteiger partial charge in [-0.25, -0.2) is 0 Å². The summed E-state index contributed by atoms with van der Waals surface area (Å²) in [7, 11) is -7.09. The Kier molecular flexibility index (Phi) is 7.34. The van der Waals surface area contributed by atoms with Gasteiger partial charge in [-0.05, 0) is 114 Å². The molecule has 1 spiro atoms. The van der Waals surface area contributed by atoms with Crippen LogP contribution in [0.1, 0.15) is 22.3 Å². The smallest absolute Gasteiger partial charge is 0.378 e. The van der Waals surface area contributed by atoms with E-state index in [4.69, 9.17) is 0 Å². The Labute approximate surface area is 312 Å². The van der Waals surface area contributed by atoms with Gasteiger partial charge < -0.3 is 4.18 Å². The van der Waals surface area contributed by atoms with Crippen molar-refractivity contribution in [2.45, 2.75) is 28.7 Å². The molecule has 0 aliphatic heterocycles. The van der Waals surface area contributed by atoms with Crippen molar-refractivity contribution in [2.24, 2.45) is 0 Å². The van der Waals surface area contributed by atoms with E-state index in [1.54, 1.807) is 12.1 Å². The molecule has 3 aliphatic carbocycles. The van der Waals surface area contributed by atoms with Crippen molar-refractivity contribution in [1.29, 1.82) is 0 Å². The molecule has 0 bridgehead atoms. The predicted molar refractivity (Wildman–Crippen MR) is 192 cm³/mol. The monoisotopic (exact) mass is 788 g/mol. The molecule has 0 amide bonds. The van der Waals surface area contributed by atoms with Crippen molar-refractivity contribution in [1.82, 2.24) is 0 Å². The molecule has 6 aromatic rings. The summed E-state index contributed by atoms with van der Waals surface area (Å²) < 4.78 is 149. The molecule has 9 rings (SSSR count). The van der Waals surface area contributed by atoms with E-state index < -0.39 is 44.6 Å². The van der Waals surface area contributed by atoms with Gasteiger partial charge in [-0.15, -0.1) is 0 Å². The van der Waals surface area contributed by atoms with E-state index in [9.17, 15) is 47.9 Å². The Morgan fingerprint density at radius 1 is 0.536 bits per heavy atom. The van der Waals surface area contributed by atoms with Crippen LogP contribution in [-0.4, -0.2) is 31.7 Å². The number of allylic oxidation sites excluding steroid dienone is 4. The van der Waals surface area contributed by atoms with Crippen molar-refractivity contribution < 1.29 is 52.1 Å². The lowest BCUT2D eigenvalue weighted by molar-refractivity contribution is -0.382. The number of rotatable bonds is 6. The molecule has 0 saturated heterocycles. The number of hydrogen-bond acceptors (Lipinski definition) is 3. The van der Waals surface area contributed by atoms with E-state index in [-0.39, 0.29) is 5.39 Å². The molecule has 56 heavy (non-hydrogen) atoms. The third-order valence-electron chi connectivity index (χ3n) is 10.7. The molecule has 0 saturated carbocycles. The average Bonchev–Trinajstić information content (AvgIpc) is 3.64. The summed E-state index contributed by atoms with van der Waals surface area (Å²) in [5.74, 6) is -15.8. The molecule has 3 aliphatic rings. The van der Waals surface area contributed by atoms with Crippen LogP contribution >= 0.6 is 0 Å². The van der Waals surface area contributed by atoms with Gasteiger partial charge in [-0.2, -0.15) is 47.9 Å². The number of hydrogen-bond donors (Lipinski definition) is 0. The molecule has 6 aromatic carbocycles. The summed E-state index contributed by atoms with van der Waals surface area (Å²) in [6, 6.07) is 34.4. The fourth-order valence-electron chi connectivity index (χ4n) is 8.12. The van der Waals surface area contributed by atoms with Crippen LogP contribution in [0.4, 0.5) is 39.5 Å². The maximum absolute atomic E-state index is 14.3. The lowest BCUT2D eigenvalue weighted by Crippen LogP contribution is -2.63. The Bertz CT molecular complexity index is 2920. The standard InChI is InChI=1S/C43H21F9O3S/c44-40(45,42(48,49)50)41(46,47)43(51,52)56(53,54)55-28-17-20-30-27(22-28)14-13-26-21-24(15-18-29(26)30)25-16-19-34-33-9-3-6-12-37(33)39(38(34)23-25)35-10-4-1-7-31(35)32-8-2-5-11-36(32)39/h1-2,4-5,7-23H. The first-order valence-corrected chi connectivity index (χ1v) is 18.2. The van der Waals surface area contributed by atoms with E-state index in [2.05, 4.69) is 52.0 Å². The van der Waals surface area contributed by atoms with Crippen molar-refractivity contribution in [3.8, 4) is 28.0 Å². The van der Waals surface area contributed by atoms with Gasteiger partial charge in [0, 0.05) is 0 Å². The molecule has 0 radical (unpaired) electrons. The first-order valence-electron chi connectivity index (χ1n) is 16.8. The van der Waals surface area contributed by atoms with E-state index in [0.29, 0.717) is 16.2 Å². The zero-order valence-corrected chi connectivity index (χ0v) is 29.0. The summed E-state index contributed by atoms with van der Waals surface area (Å²) >= 11 is 0. The predicted octanol–water partition coefficient (Wildman–Crippen LogP) is 11.8. The van der Waals surface area contributed by atoms with Gasteiger partial charge in [0.1, 0.15) is 5.75 Å². The van der Waals surface area contributed by atoms with Gasteiger partial charge in [0.25, 0.3) is 0 Å². The van der Waals surface area contributed by atoms with Gasteiger partial charge in [0.2, 0.25) is 0 Å². The third-order valence-corrected chi connectivity index (χ3v) is 11.9. The zero-order chi connectivity index (χ0) is 39.6. The molecule has 0 unspecified atom stereocenters. The fraction of sp³-hybridized carbons (Fsp3) is 0.116. The fourth-order valence-corrected chi connectivity index (χ4v) is 9.03. The molecule has 13 heteroatoms. The van der Waals surface area contributed by atoms with E-state index in [0.717, 1.165) is 67.8 Å². The van der Waals surface area contributed by atoms with Crippen molar-refractivity contribution in [2.75, 3.05) is 0 Å². The van der Waals surface area contributed by atoms with Crippen molar-refractivity contribution in [3.63, 3.8) is 0 Å². The highest BCUT2D eigenvalue weighted by atomic mass is 32.2. The first kappa shape index (κ1) is 35.7. The Morgan fingerprint density at radius 2 is 1.09 bits per heavy atom. The number of benzene rings is 6. The molecular weight excluding hydrogens is 768 g/mol. The summed E-state index contributed by atoms with van der Waals surface area (Å²) in [5, 5.41) is -5.06. The zero-order valence-electron chi connectivity index (χ0n) is 28.2. The lowest BCUT2D eigenvalue weighted by Gasteiger charge is -2.32. The minimum Gasteiger partial charge on any atom is -0.378 e. The lowest BCUT2D eigenvalue weighted by atomic mass is 9.69.